The van der Waals surface area contributed by atoms with Crippen LogP contribution < -0.4 is 0 Å². The summed E-state index contributed by atoms with van der Waals surface area (Å²) in [6.45, 7) is 2.47. The van der Waals surface area contributed by atoms with Crippen LogP contribution in [0.2, 0.25) is 5.02 Å². The molecule has 1 saturated carbocycles. The number of hydrogen-bond donors (Lipinski definition) is 0. The van der Waals surface area contributed by atoms with E-state index in [1.807, 2.05) is 54.3 Å². The van der Waals surface area contributed by atoms with Crippen molar-refractivity contribution in [2.75, 3.05) is 0 Å². The third-order valence-electron chi connectivity index (χ3n) is 5.91. The summed E-state index contributed by atoms with van der Waals surface area (Å²) in [6.07, 6.45) is 4.32. The van der Waals surface area contributed by atoms with Crippen molar-refractivity contribution in [1.82, 2.24) is 9.88 Å². The normalized spacial score (nSPS) is 15.3. The Hall–Kier alpha value is -2.72. The van der Waals surface area contributed by atoms with Gasteiger partial charge in [0.1, 0.15) is 5.82 Å². The highest BCUT2D eigenvalue weighted by atomic mass is 35.5. The fraction of sp³-hybridized carbons (Fsp3) is 0.308. The molecule has 0 aliphatic heterocycles. The van der Waals surface area contributed by atoms with Crippen molar-refractivity contribution in [2.24, 2.45) is 5.92 Å². The van der Waals surface area contributed by atoms with Gasteiger partial charge < -0.3 is 4.90 Å². The second kappa shape index (κ2) is 9.61. The van der Waals surface area contributed by atoms with Gasteiger partial charge in [-0.25, -0.2) is 4.39 Å². The van der Waals surface area contributed by atoms with Gasteiger partial charge in [-0.05, 0) is 72.2 Å². The van der Waals surface area contributed by atoms with Crippen LogP contribution in [-0.4, -0.2) is 15.8 Å². The van der Waals surface area contributed by atoms with E-state index in [1.165, 1.54) is 12.1 Å². The van der Waals surface area contributed by atoms with Crippen LogP contribution in [-0.2, 0) is 11.3 Å². The highest BCUT2D eigenvalue weighted by Gasteiger charge is 2.38. The van der Waals surface area contributed by atoms with Crippen LogP contribution in [0.15, 0.2) is 72.9 Å². The lowest BCUT2D eigenvalue weighted by Crippen LogP contribution is -2.36. The van der Waals surface area contributed by atoms with Gasteiger partial charge in [0.05, 0.1) is 18.3 Å². The summed E-state index contributed by atoms with van der Waals surface area (Å²) < 4.78 is 13.3. The molecule has 0 N–H and O–H groups in total. The lowest BCUT2D eigenvalue weighted by Gasteiger charge is -2.33. The van der Waals surface area contributed by atoms with E-state index < -0.39 is 0 Å². The van der Waals surface area contributed by atoms with Crippen LogP contribution in [0.1, 0.15) is 55.0 Å². The molecule has 1 heterocycles. The molecular formula is C26H26ClFN2O. The predicted octanol–water partition coefficient (Wildman–Crippen LogP) is 6.55. The van der Waals surface area contributed by atoms with Gasteiger partial charge in [0.15, 0.2) is 0 Å². The molecule has 5 heteroatoms. The average Bonchev–Trinajstić information content (AvgIpc) is 3.61. The Morgan fingerprint density at radius 1 is 1.06 bits per heavy atom. The first-order valence-electron chi connectivity index (χ1n) is 10.7. The van der Waals surface area contributed by atoms with Crippen molar-refractivity contribution in [3.63, 3.8) is 0 Å². The molecule has 31 heavy (non-hydrogen) atoms. The topological polar surface area (TPSA) is 33.2 Å². The van der Waals surface area contributed by atoms with Crippen molar-refractivity contribution in [2.45, 2.75) is 44.7 Å². The monoisotopic (exact) mass is 436 g/mol. The van der Waals surface area contributed by atoms with Gasteiger partial charge in [-0.15, -0.1) is 0 Å². The number of carbonyl (C=O) groups excluding carboxylic acids is 1. The molecule has 1 aromatic heterocycles. The number of rotatable bonds is 8. The first-order valence-corrected chi connectivity index (χ1v) is 11.1. The van der Waals surface area contributed by atoms with Crippen LogP contribution in [0.5, 0.6) is 0 Å². The average molecular weight is 437 g/mol. The molecule has 0 saturated heterocycles. The van der Waals surface area contributed by atoms with E-state index in [2.05, 4.69) is 4.98 Å². The van der Waals surface area contributed by atoms with E-state index in [0.717, 1.165) is 29.7 Å². The Kier molecular flexibility index (Phi) is 6.67. The fourth-order valence-corrected chi connectivity index (χ4v) is 4.20. The second-order valence-corrected chi connectivity index (χ2v) is 8.77. The molecule has 1 aliphatic carbocycles. The first kappa shape index (κ1) is 21.5. The zero-order valence-corrected chi connectivity index (χ0v) is 18.3. The van der Waals surface area contributed by atoms with Gasteiger partial charge in [0.2, 0.25) is 5.91 Å². The molecule has 1 fully saturated rings. The molecular weight excluding hydrogens is 411 g/mol. The highest BCUT2D eigenvalue weighted by molar-refractivity contribution is 6.30. The molecule has 1 amide bonds. The van der Waals surface area contributed by atoms with Gasteiger partial charge in [0, 0.05) is 17.6 Å². The van der Waals surface area contributed by atoms with E-state index in [-0.39, 0.29) is 23.7 Å². The van der Waals surface area contributed by atoms with Crippen LogP contribution >= 0.6 is 11.6 Å². The van der Waals surface area contributed by atoms with Crippen molar-refractivity contribution >= 4 is 17.5 Å². The fourth-order valence-electron chi connectivity index (χ4n) is 4.07. The minimum atomic E-state index is -0.268. The molecule has 0 bridgehead atoms. The number of halogens is 2. The van der Waals surface area contributed by atoms with Crippen LogP contribution in [0.3, 0.4) is 0 Å². The van der Waals surface area contributed by atoms with E-state index >= 15 is 0 Å². The molecule has 1 aliphatic rings. The van der Waals surface area contributed by atoms with E-state index in [4.69, 9.17) is 11.6 Å². The molecule has 0 unspecified atom stereocenters. The Bertz CT molecular complexity index is 1000. The Morgan fingerprint density at radius 2 is 1.74 bits per heavy atom. The molecule has 3 nitrogen and oxygen atoms in total. The number of aromatic nitrogens is 1. The van der Waals surface area contributed by atoms with Crippen LogP contribution in [0.25, 0.3) is 0 Å². The minimum Gasteiger partial charge on any atom is -0.329 e. The quantitative estimate of drug-likeness (QED) is 0.401. The Balaban J connectivity index is 1.61. The van der Waals surface area contributed by atoms with Gasteiger partial charge in [-0.3, -0.25) is 9.78 Å². The van der Waals surface area contributed by atoms with Crippen LogP contribution in [0.4, 0.5) is 4.39 Å². The zero-order valence-electron chi connectivity index (χ0n) is 17.5. The van der Waals surface area contributed by atoms with Crippen molar-refractivity contribution in [1.29, 1.82) is 0 Å². The number of hydrogen-bond acceptors (Lipinski definition) is 2. The summed E-state index contributed by atoms with van der Waals surface area (Å²) in [4.78, 5) is 20.0. The molecule has 2 aromatic carbocycles. The smallest absolute Gasteiger partial charge is 0.224 e. The molecule has 4 rings (SSSR count). The first-order chi connectivity index (χ1) is 15.0. The maximum absolute atomic E-state index is 13.6. The van der Waals surface area contributed by atoms with Gasteiger partial charge in [0.25, 0.3) is 0 Å². The summed E-state index contributed by atoms with van der Waals surface area (Å²) in [5, 5.41) is 0.686. The second-order valence-electron chi connectivity index (χ2n) is 8.33. The summed E-state index contributed by atoms with van der Waals surface area (Å²) >= 11 is 6.11. The predicted molar refractivity (Wildman–Crippen MR) is 121 cm³/mol. The number of benzene rings is 2. The molecule has 160 valence electrons. The third kappa shape index (κ3) is 5.50. The zero-order chi connectivity index (χ0) is 21.8. The van der Waals surface area contributed by atoms with E-state index in [1.54, 1.807) is 18.3 Å². The molecule has 2 atom stereocenters. The number of carbonyl (C=O) groups is 1. The van der Waals surface area contributed by atoms with Gasteiger partial charge >= 0.3 is 0 Å². The summed E-state index contributed by atoms with van der Waals surface area (Å²) in [6, 6.07) is 20.0. The maximum Gasteiger partial charge on any atom is 0.224 e. The summed E-state index contributed by atoms with van der Waals surface area (Å²) in [5.41, 5.74) is 2.93. The van der Waals surface area contributed by atoms with Gasteiger partial charge in [-0.1, -0.05) is 48.9 Å². The lowest BCUT2D eigenvalue weighted by molar-refractivity contribution is -0.135. The molecule has 0 spiro atoms. The minimum absolute atomic E-state index is 0.00723. The van der Waals surface area contributed by atoms with E-state index in [0.29, 0.717) is 23.9 Å². The van der Waals surface area contributed by atoms with Gasteiger partial charge in [-0.2, -0.15) is 0 Å². The summed E-state index contributed by atoms with van der Waals surface area (Å²) in [5.74, 6) is 0.240. The highest BCUT2D eigenvalue weighted by Crippen LogP contribution is 2.45. The third-order valence-corrected chi connectivity index (χ3v) is 6.17. The summed E-state index contributed by atoms with van der Waals surface area (Å²) in [7, 11) is 0. The standard InChI is InChI=1S/C26H26ClFN2O/c1-18(19-9-13-23(28)14-10-19)16-25(31)30(17-24-4-2-3-15-29-24)26(20-5-6-20)21-7-11-22(27)12-8-21/h2-4,7-15,18,20,26H,5-6,16-17H2,1H3/t18-,26-/m1/s1. The van der Waals surface area contributed by atoms with E-state index in [9.17, 15) is 9.18 Å². The Labute approximate surface area is 187 Å². The maximum atomic E-state index is 13.6. The van der Waals surface area contributed by atoms with Crippen molar-refractivity contribution in [3.8, 4) is 0 Å². The largest absolute Gasteiger partial charge is 0.329 e. The van der Waals surface area contributed by atoms with Crippen LogP contribution in [0, 0.1) is 11.7 Å². The lowest BCUT2D eigenvalue weighted by atomic mass is 9.95. The number of amides is 1. The SMILES string of the molecule is C[C@H](CC(=O)N(Cc1ccccn1)[C@@H](c1ccc(Cl)cc1)C1CC1)c1ccc(F)cc1. The van der Waals surface area contributed by atoms with Crippen molar-refractivity contribution in [3.05, 3.63) is 101 Å². The van der Waals surface area contributed by atoms with Crippen molar-refractivity contribution < 1.29 is 9.18 Å². The number of pyridine rings is 1. The molecule has 3 aromatic rings. The Morgan fingerprint density at radius 3 is 2.35 bits per heavy atom. The number of nitrogens with zero attached hydrogens (tertiary/aromatic N) is 2. The molecule has 0 radical (unpaired) electrons.